The topological polar surface area (TPSA) is 57.2 Å². The van der Waals surface area contributed by atoms with E-state index in [4.69, 9.17) is 0 Å². The van der Waals surface area contributed by atoms with Gasteiger partial charge in [-0.05, 0) is 68.9 Å². The summed E-state index contributed by atoms with van der Waals surface area (Å²) in [4.78, 5) is 26.0. The third-order valence-electron chi connectivity index (χ3n) is 7.86. The molecule has 2 aromatic carbocycles. The molecule has 6 rings (SSSR count). The quantitative estimate of drug-likeness (QED) is 0.452. The maximum atomic E-state index is 13.3. The molecule has 6 nitrogen and oxygen atoms in total. The molecular formula is C28H33N5O. The Hall–Kier alpha value is -3.12. The number of aromatic amines is 1. The molecule has 0 spiro atoms. The lowest BCUT2D eigenvalue weighted by atomic mass is 10.0. The summed E-state index contributed by atoms with van der Waals surface area (Å²) < 4.78 is 2.37. The fraction of sp³-hybridized carbons (Fsp3) is 0.429. The second kappa shape index (κ2) is 8.91. The van der Waals surface area contributed by atoms with Crippen LogP contribution in [0.5, 0.6) is 0 Å². The predicted octanol–water partition coefficient (Wildman–Crippen LogP) is 5.16. The second-order valence-corrected chi connectivity index (χ2v) is 10.1. The summed E-state index contributed by atoms with van der Waals surface area (Å²) in [6.07, 6.45) is 7.60. The van der Waals surface area contributed by atoms with Crippen LogP contribution < -0.4 is 0 Å². The molecule has 176 valence electrons. The smallest absolute Gasteiger partial charge is 0.270 e. The number of carbonyl (C=O) groups is 1. The van der Waals surface area contributed by atoms with Crippen LogP contribution in [0.2, 0.25) is 0 Å². The van der Waals surface area contributed by atoms with Gasteiger partial charge in [0.2, 0.25) is 0 Å². The van der Waals surface area contributed by atoms with E-state index < -0.39 is 0 Å². The minimum absolute atomic E-state index is 0.155. The summed E-state index contributed by atoms with van der Waals surface area (Å²) >= 11 is 0. The Balaban J connectivity index is 1.05. The average Bonchev–Trinajstić information content (AvgIpc) is 3.60. The molecule has 0 aliphatic carbocycles. The number of hydrogen-bond acceptors (Lipinski definition) is 3. The fourth-order valence-electron chi connectivity index (χ4n) is 5.94. The molecule has 4 heterocycles. The molecule has 2 aliphatic heterocycles. The van der Waals surface area contributed by atoms with Gasteiger partial charge in [0.25, 0.3) is 5.91 Å². The number of carbonyl (C=O) groups excluding carboxylic acids is 1. The first kappa shape index (κ1) is 21.4. The van der Waals surface area contributed by atoms with Crippen molar-refractivity contribution in [3.05, 3.63) is 66.1 Å². The van der Waals surface area contributed by atoms with Gasteiger partial charge in [-0.3, -0.25) is 4.79 Å². The molecule has 34 heavy (non-hydrogen) atoms. The average molecular weight is 456 g/mol. The van der Waals surface area contributed by atoms with Crippen molar-refractivity contribution in [3.8, 4) is 0 Å². The molecule has 0 saturated carbocycles. The van der Waals surface area contributed by atoms with E-state index in [1.807, 2.05) is 12.4 Å². The van der Waals surface area contributed by atoms with Crippen LogP contribution in [-0.2, 0) is 0 Å². The number of benzene rings is 2. The highest BCUT2D eigenvalue weighted by Crippen LogP contribution is 2.28. The number of nitrogens with zero attached hydrogens (tertiary/aromatic N) is 4. The van der Waals surface area contributed by atoms with Crippen molar-refractivity contribution in [3.63, 3.8) is 0 Å². The van der Waals surface area contributed by atoms with Crippen molar-refractivity contribution in [2.75, 3.05) is 26.2 Å². The number of amides is 1. The number of likely N-dealkylation sites (tertiary alicyclic amines) is 2. The minimum Gasteiger partial charge on any atom is -0.351 e. The van der Waals surface area contributed by atoms with Crippen LogP contribution >= 0.6 is 0 Å². The summed E-state index contributed by atoms with van der Waals surface area (Å²) in [5.74, 6) is 0.155. The maximum Gasteiger partial charge on any atom is 0.270 e. The minimum atomic E-state index is 0.155. The highest BCUT2D eigenvalue weighted by atomic mass is 16.2. The van der Waals surface area contributed by atoms with Crippen LogP contribution in [0.15, 0.2) is 54.9 Å². The van der Waals surface area contributed by atoms with Gasteiger partial charge < -0.3 is 19.4 Å². The van der Waals surface area contributed by atoms with Crippen molar-refractivity contribution in [1.29, 1.82) is 0 Å². The van der Waals surface area contributed by atoms with Crippen molar-refractivity contribution in [2.45, 2.75) is 51.1 Å². The molecule has 1 amide bonds. The first-order valence-electron chi connectivity index (χ1n) is 12.7. The van der Waals surface area contributed by atoms with E-state index in [1.165, 1.54) is 11.1 Å². The Morgan fingerprint density at radius 2 is 1.91 bits per heavy atom. The van der Waals surface area contributed by atoms with Gasteiger partial charge in [0.1, 0.15) is 5.69 Å². The van der Waals surface area contributed by atoms with Crippen LogP contribution in [0.25, 0.3) is 21.9 Å². The van der Waals surface area contributed by atoms with Crippen LogP contribution in [0, 0.1) is 6.92 Å². The van der Waals surface area contributed by atoms with Crippen LogP contribution in [-0.4, -0.2) is 62.5 Å². The zero-order valence-electron chi connectivity index (χ0n) is 19.9. The van der Waals surface area contributed by atoms with Crippen LogP contribution in [0.1, 0.15) is 54.2 Å². The Kier molecular flexibility index (Phi) is 5.61. The van der Waals surface area contributed by atoms with E-state index >= 15 is 0 Å². The van der Waals surface area contributed by atoms with Crippen molar-refractivity contribution in [2.24, 2.45) is 0 Å². The molecule has 0 bridgehead atoms. The second-order valence-electron chi connectivity index (χ2n) is 10.1. The lowest BCUT2D eigenvalue weighted by molar-refractivity contribution is 0.0710. The van der Waals surface area contributed by atoms with E-state index in [1.54, 1.807) is 0 Å². The van der Waals surface area contributed by atoms with E-state index in [9.17, 15) is 4.79 Å². The number of H-pyrrole nitrogens is 1. The number of imidazole rings is 1. The molecule has 4 aromatic rings. The lowest BCUT2D eigenvalue weighted by Gasteiger charge is -2.34. The molecule has 1 N–H and O–H groups in total. The predicted molar refractivity (Wildman–Crippen MR) is 136 cm³/mol. The third-order valence-corrected chi connectivity index (χ3v) is 7.86. The number of fused-ring (bicyclic) bond motifs is 2. The van der Waals surface area contributed by atoms with Gasteiger partial charge in [0.15, 0.2) is 0 Å². The highest BCUT2D eigenvalue weighted by molar-refractivity contribution is 5.98. The Labute approximate surface area is 200 Å². The van der Waals surface area contributed by atoms with Gasteiger partial charge in [0, 0.05) is 49.2 Å². The summed E-state index contributed by atoms with van der Waals surface area (Å²) in [6.45, 7) is 6.24. The molecule has 0 unspecified atom stereocenters. The summed E-state index contributed by atoms with van der Waals surface area (Å²) in [6, 6.07) is 17.6. The summed E-state index contributed by atoms with van der Waals surface area (Å²) in [5, 5.41) is 1.11. The number of nitrogens with one attached hydrogen (secondary N) is 1. The molecule has 1 atom stereocenters. The van der Waals surface area contributed by atoms with Crippen molar-refractivity contribution in [1.82, 2.24) is 24.3 Å². The summed E-state index contributed by atoms with van der Waals surface area (Å²) in [5.41, 5.74) is 5.31. The molecule has 2 fully saturated rings. The van der Waals surface area contributed by atoms with Gasteiger partial charge in [0.05, 0.1) is 17.4 Å². The first-order valence-corrected chi connectivity index (χ1v) is 12.7. The Morgan fingerprint density at radius 3 is 2.79 bits per heavy atom. The van der Waals surface area contributed by atoms with Gasteiger partial charge in [-0.15, -0.1) is 0 Å². The van der Waals surface area contributed by atoms with Crippen molar-refractivity contribution >= 4 is 27.8 Å². The number of para-hydroxylation sites is 2. The maximum absolute atomic E-state index is 13.3. The SMILES string of the molecule is Cc1ccc2cc(C(=O)N3CCC[C@H]3CCN3CCC(n4cnc5ccccc54)CC3)[nH]c2c1. The lowest BCUT2D eigenvalue weighted by Crippen LogP contribution is -2.40. The standard InChI is InChI=1S/C28H33N5O/c1-20-8-9-21-18-26(30-25(21)17-20)28(34)32-13-4-5-22(32)10-14-31-15-11-23(12-16-31)33-19-29-24-6-2-3-7-27(24)33/h2-3,6-9,17-19,22-23,30H,4-5,10-16H2,1H3/t22-/m0/s1. The van der Waals surface area contributed by atoms with E-state index in [-0.39, 0.29) is 5.91 Å². The third kappa shape index (κ3) is 4.00. The van der Waals surface area contributed by atoms with Gasteiger partial charge in [-0.2, -0.15) is 0 Å². The van der Waals surface area contributed by atoms with Crippen LogP contribution in [0.3, 0.4) is 0 Å². The number of piperidine rings is 1. The number of aromatic nitrogens is 3. The van der Waals surface area contributed by atoms with Gasteiger partial charge >= 0.3 is 0 Å². The molecule has 2 aromatic heterocycles. The number of hydrogen-bond donors (Lipinski definition) is 1. The monoisotopic (exact) mass is 455 g/mol. The summed E-state index contributed by atoms with van der Waals surface area (Å²) in [7, 11) is 0. The van der Waals surface area contributed by atoms with E-state index in [0.29, 0.717) is 12.1 Å². The highest BCUT2D eigenvalue weighted by Gasteiger charge is 2.31. The number of aryl methyl sites for hydroxylation is 1. The first-order chi connectivity index (χ1) is 16.7. The Bertz CT molecular complexity index is 1310. The van der Waals surface area contributed by atoms with E-state index in [2.05, 4.69) is 73.7 Å². The zero-order valence-corrected chi connectivity index (χ0v) is 19.9. The molecule has 2 aliphatic rings. The largest absolute Gasteiger partial charge is 0.351 e. The van der Waals surface area contributed by atoms with Gasteiger partial charge in [-0.25, -0.2) is 4.98 Å². The molecule has 2 saturated heterocycles. The van der Waals surface area contributed by atoms with E-state index in [0.717, 1.165) is 80.4 Å². The van der Waals surface area contributed by atoms with Gasteiger partial charge in [-0.1, -0.05) is 24.3 Å². The normalized spacial score (nSPS) is 20.0. The molecule has 0 radical (unpaired) electrons. The molecule has 6 heteroatoms. The number of rotatable bonds is 5. The van der Waals surface area contributed by atoms with Crippen LogP contribution in [0.4, 0.5) is 0 Å². The Morgan fingerprint density at radius 1 is 1.06 bits per heavy atom. The fourth-order valence-corrected chi connectivity index (χ4v) is 5.94. The van der Waals surface area contributed by atoms with Crippen molar-refractivity contribution < 1.29 is 4.79 Å². The zero-order chi connectivity index (χ0) is 23.1. The molecular weight excluding hydrogens is 422 g/mol.